The van der Waals surface area contributed by atoms with Crippen LogP contribution in [-0.4, -0.2) is 11.8 Å². The lowest BCUT2D eigenvalue weighted by Crippen LogP contribution is -2.27. The van der Waals surface area contributed by atoms with Gasteiger partial charge in [0, 0.05) is 10.8 Å². The number of fused-ring (bicyclic) bond motifs is 3. The fraction of sp³-hybridized carbons (Fsp3) is 0.556. The van der Waals surface area contributed by atoms with Crippen LogP contribution in [0.5, 0.6) is 0 Å². The molecule has 1 aromatic heterocycles. The van der Waals surface area contributed by atoms with Crippen molar-refractivity contribution in [3.8, 4) is 0 Å². The number of carbonyl (C=O) groups excluding carboxylic acids is 2. The number of primary amides is 1. The fourth-order valence-electron chi connectivity index (χ4n) is 4.39. The van der Waals surface area contributed by atoms with Gasteiger partial charge in [0.15, 0.2) is 0 Å². The van der Waals surface area contributed by atoms with Crippen LogP contribution in [0, 0.1) is 23.7 Å². The lowest BCUT2D eigenvalue weighted by molar-refractivity contribution is -0.120. The predicted molar refractivity (Wildman–Crippen MR) is 91.5 cm³/mol. The van der Waals surface area contributed by atoms with Gasteiger partial charge in [-0.05, 0) is 55.4 Å². The molecule has 4 nitrogen and oxygen atoms in total. The van der Waals surface area contributed by atoms with Crippen LogP contribution in [0.4, 0.5) is 5.00 Å². The average molecular weight is 330 g/mol. The highest BCUT2D eigenvalue weighted by atomic mass is 32.1. The molecule has 3 N–H and O–H groups in total. The standard InChI is InChI=1S/C18H22N2O2S/c1-9-2-5-12-14(6-9)23-18(15(12)16(19)21)20-17(22)13-8-10-3-4-11(13)7-10/h3-4,9-11,13H,2,5-8H2,1H3,(H2,19,21)(H,20,22)/t9-,10+,11+,13+/m1/s1. The Kier molecular flexibility index (Phi) is 3.56. The normalized spacial score (nSPS) is 31.2. The third kappa shape index (κ3) is 2.51. The molecule has 23 heavy (non-hydrogen) atoms. The number of rotatable bonds is 3. The Morgan fingerprint density at radius 1 is 1.30 bits per heavy atom. The van der Waals surface area contributed by atoms with E-state index in [1.165, 1.54) is 4.88 Å². The summed E-state index contributed by atoms with van der Waals surface area (Å²) in [4.78, 5) is 25.8. The second kappa shape index (κ2) is 5.48. The minimum atomic E-state index is -0.416. The lowest BCUT2D eigenvalue weighted by atomic mass is 9.88. The summed E-state index contributed by atoms with van der Waals surface area (Å²) in [5.74, 6) is 1.23. The summed E-state index contributed by atoms with van der Waals surface area (Å²) >= 11 is 1.55. The third-order valence-electron chi connectivity index (χ3n) is 5.61. The van der Waals surface area contributed by atoms with Gasteiger partial charge in [0.1, 0.15) is 5.00 Å². The highest BCUT2D eigenvalue weighted by molar-refractivity contribution is 7.17. The van der Waals surface area contributed by atoms with E-state index in [0.717, 1.165) is 37.7 Å². The Labute approximate surface area is 140 Å². The number of nitrogens with two attached hydrogens (primary N) is 1. The predicted octanol–water partition coefficient (Wildman–Crippen LogP) is 3.12. The Hall–Kier alpha value is -1.62. The van der Waals surface area contributed by atoms with Crippen LogP contribution in [0.25, 0.3) is 0 Å². The van der Waals surface area contributed by atoms with E-state index in [-0.39, 0.29) is 11.8 Å². The van der Waals surface area contributed by atoms with Crippen molar-refractivity contribution in [2.45, 2.75) is 39.0 Å². The number of amides is 2. The molecular formula is C18H22N2O2S. The van der Waals surface area contributed by atoms with E-state index in [9.17, 15) is 9.59 Å². The molecular weight excluding hydrogens is 308 g/mol. The molecule has 1 fully saturated rings. The summed E-state index contributed by atoms with van der Waals surface area (Å²) in [6, 6.07) is 0. The number of anilines is 1. The molecule has 0 aliphatic heterocycles. The van der Waals surface area contributed by atoms with Gasteiger partial charge in [0.25, 0.3) is 5.91 Å². The summed E-state index contributed by atoms with van der Waals surface area (Å²) in [7, 11) is 0. The second-order valence-corrected chi connectivity index (χ2v) is 8.40. The number of carbonyl (C=O) groups is 2. The van der Waals surface area contributed by atoms with Gasteiger partial charge in [-0.3, -0.25) is 9.59 Å². The van der Waals surface area contributed by atoms with Gasteiger partial charge in [-0.2, -0.15) is 0 Å². The van der Waals surface area contributed by atoms with Crippen molar-refractivity contribution < 1.29 is 9.59 Å². The van der Waals surface area contributed by atoms with E-state index in [4.69, 9.17) is 5.73 Å². The van der Waals surface area contributed by atoms with Crippen LogP contribution >= 0.6 is 11.3 Å². The zero-order valence-electron chi connectivity index (χ0n) is 13.3. The molecule has 5 heteroatoms. The van der Waals surface area contributed by atoms with Crippen molar-refractivity contribution in [2.24, 2.45) is 29.4 Å². The largest absolute Gasteiger partial charge is 0.365 e. The highest BCUT2D eigenvalue weighted by Crippen LogP contribution is 2.45. The maximum Gasteiger partial charge on any atom is 0.251 e. The maximum atomic E-state index is 12.7. The quantitative estimate of drug-likeness (QED) is 0.836. The van der Waals surface area contributed by atoms with Gasteiger partial charge in [-0.15, -0.1) is 11.3 Å². The van der Waals surface area contributed by atoms with Crippen molar-refractivity contribution in [3.63, 3.8) is 0 Å². The summed E-state index contributed by atoms with van der Waals surface area (Å²) in [6.45, 7) is 2.23. The Morgan fingerprint density at radius 3 is 2.78 bits per heavy atom. The zero-order valence-corrected chi connectivity index (χ0v) is 14.1. The second-order valence-electron chi connectivity index (χ2n) is 7.30. The van der Waals surface area contributed by atoms with E-state index in [1.54, 1.807) is 11.3 Å². The maximum absolute atomic E-state index is 12.7. The van der Waals surface area contributed by atoms with Gasteiger partial charge in [0.05, 0.1) is 5.56 Å². The highest BCUT2D eigenvalue weighted by Gasteiger charge is 2.40. The van der Waals surface area contributed by atoms with Crippen molar-refractivity contribution in [1.82, 2.24) is 0 Å². The smallest absolute Gasteiger partial charge is 0.251 e. The molecule has 0 spiro atoms. The van der Waals surface area contributed by atoms with Crippen LogP contribution < -0.4 is 11.1 Å². The van der Waals surface area contributed by atoms with E-state index < -0.39 is 5.91 Å². The van der Waals surface area contributed by atoms with E-state index in [2.05, 4.69) is 24.4 Å². The van der Waals surface area contributed by atoms with Crippen molar-refractivity contribution >= 4 is 28.2 Å². The van der Waals surface area contributed by atoms with Crippen LogP contribution in [0.2, 0.25) is 0 Å². The molecule has 0 unspecified atom stereocenters. The van der Waals surface area contributed by atoms with Crippen molar-refractivity contribution in [3.05, 3.63) is 28.2 Å². The molecule has 122 valence electrons. The molecule has 1 saturated carbocycles. The van der Waals surface area contributed by atoms with Crippen molar-refractivity contribution in [2.75, 3.05) is 5.32 Å². The first-order valence-electron chi connectivity index (χ1n) is 8.46. The van der Waals surface area contributed by atoms with Crippen LogP contribution in [0.15, 0.2) is 12.2 Å². The zero-order chi connectivity index (χ0) is 16.1. The monoisotopic (exact) mass is 330 g/mol. The number of nitrogens with one attached hydrogen (secondary N) is 1. The molecule has 4 atom stereocenters. The number of hydrogen-bond acceptors (Lipinski definition) is 3. The van der Waals surface area contributed by atoms with Gasteiger partial charge in [-0.1, -0.05) is 19.1 Å². The Balaban J connectivity index is 1.60. The minimum absolute atomic E-state index is 0.0452. The SMILES string of the molecule is C[C@@H]1CCc2c(sc(NC(=O)[C@H]3C[C@H]4C=C[C@H]3C4)c2C(N)=O)C1. The molecule has 0 saturated heterocycles. The molecule has 0 aromatic carbocycles. The molecule has 2 bridgehead atoms. The molecule has 1 heterocycles. The number of hydrogen-bond donors (Lipinski definition) is 2. The fourth-order valence-corrected chi connectivity index (χ4v) is 5.81. The van der Waals surface area contributed by atoms with Gasteiger partial charge < -0.3 is 11.1 Å². The number of thiophene rings is 1. The van der Waals surface area contributed by atoms with Gasteiger partial charge >= 0.3 is 0 Å². The molecule has 4 rings (SSSR count). The first-order valence-corrected chi connectivity index (χ1v) is 9.28. The number of allylic oxidation sites excluding steroid dienone is 2. The van der Waals surface area contributed by atoms with Gasteiger partial charge in [0.2, 0.25) is 5.91 Å². The Bertz CT molecular complexity index is 706. The third-order valence-corrected chi connectivity index (χ3v) is 6.78. The summed E-state index contributed by atoms with van der Waals surface area (Å²) in [5, 5.41) is 3.71. The van der Waals surface area contributed by atoms with Crippen LogP contribution in [-0.2, 0) is 17.6 Å². The molecule has 2 amide bonds. The molecule has 3 aliphatic rings. The molecule has 1 aromatic rings. The van der Waals surface area contributed by atoms with E-state index in [0.29, 0.717) is 28.3 Å². The molecule has 0 radical (unpaired) electrons. The van der Waals surface area contributed by atoms with E-state index in [1.807, 2.05) is 0 Å². The topological polar surface area (TPSA) is 72.2 Å². The first kappa shape index (κ1) is 14.9. The van der Waals surface area contributed by atoms with Crippen LogP contribution in [0.3, 0.4) is 0 Å². The van der Waals surface area contributed by atoms with Crippen LogP contribution in [0.1, 0.15) is 47.0 Å². The Morgan fingerprint density at radius 2 is 2.13 bits per heavy atom. The lowest BCUT2D eigenvalue weighted by Gasteiger charge is -2.18. The first-order chi connectivity index (χ1) is 11.0. The summed E-state index contributed by atoms with van der Waals surface area (Å²) in [6.07, 6.45) is 9.38. The molecule has 3 aliphatic carbocycles. The van der Waals surface area contributed by atoms with E-state index >= 15 is 0 Å². The average Bonchev–Trinajstić information content (AvgIpc) is 3.18. The summed E-state index contributed by atoms with van der Waals surface area (Å²) < 4.78 is 0. The summed E-state index contributed by atoms with van der Waals surface area (Å²) in [5.41, 5.74) is 7.24. The van der Waals surface area contributed by atoms with Crippen molar-refractivity contribution in [1.29, 1.82) is 0 Å². The van der Waals surface area contributed by atoms with Gasteiger partial charge in [-0.25, -0.2) is 0 Å². The minimum Gasteiger partial charge on any atom is -0.365 e.